The third kappa shape index (κ3) is 0.727. The maximum Gasteiger partial charge on any atom is 0.159 e. The monoisotopic (exact) mass is 120 g/mol. The lowest BCUT2D eigenvalue weighted by atomic mass is 10.2. The molecule has 0 aromatic rings. The molecular weight excluding hydrogens is 112 g/mol. The molecular formula is C8H8O. The molecule has 0 heterocycles. The lowest BCUT2D eigenvalue weighted by molar-refractivity contribution is -0.115. The molecule has 0 N–H and O–H groups in total. The zero-order valence-corrected chi connectivity index (χ0v) is 5.08. The zero-order chi connectivity index (χ0) is 6.27. The number of ketones is 1. The van der Waals surface area contributed by atoms with Crippen LogP contribution in [0, 0.1) is 11.8 Å². The van der Waals surface area contributed by atoms with Crippen molar-refractivity contribution in [1.29, 1.82) is 0 Å². The van der Waals surface area contributed by atoms with Gasteiger partial charge < -0.3 is 0 Å². The van der Waals surface area contributed by atoms with Gasteiger partial charge in [0.15, 0.2) is 5.78 Å². The lowest BCUT2D eigenvalue weighted by Crippen LogP contribution is -1.94. The van der Waals surface area contributed by atoms with Gasteiger partial charge in [-0.2, -0.15) is 0 Å². The molecule has 1 nitrogen and oxygen atoms in total. The smallest absolute Gasteiger partial charge is 0.159 e. The van der Waals surface area contributed by atoms with Crippen molar-refractivity contribution >= 4 is 5.78 Å². The highest BCUT2D eigenvalue weighted by Gasteiger charge is 2.39. The molecule has 0 amide bonds. The Kier molecular flexibility index (Phi) is 0.865. The van der Waals surface area contributed by atoms with Crippen molar-refractivity contribution in [1.82, 2.24) is 0 Å². The number of rotatable bonds is 0. The highest BCUT2D eigenvalue weighted by atomic mass is 16.1. The molecule has 2 rings (SSSR count). The molecule has 1 saturated carbocycles. The van der Waals surface area contributed by atoms with Crippen molar-refractivity contribution < 1.29 is 4.79 Å². The van der Waals surface area contributed by atoms with Crippen LogP contribution < -0.4 is 0 Å². The van der Waals surface area contributed by atoms with Gasteiger partial charge in [0.25, 0.3) is 0 Å². The van der Waals surface area contributed by atoms with E-state index in [1.165, 1.54) is 0 Å². The van der Waals surface area contributed by atoms with Gasteiger partial charge in [0.2, 0.25) is 0 Å². The van der Waals surface area contributed by atoms with Crippen LogP contribution in [0.1, 0.15) is 6.42 Å². The summed E-state index contributed by atoms with van der Waals surface area (Å²) in [5, 5.41) is 0. The fraction of sp³-hybridized carbons (Fsp3) is 0.375. The first-order chi connectivity index (χ1) is 4.38. The molecule has 2 aliphatic rings. The SMILES string of the molecule is O=C1C=CC=CC2CC12. The molecule has 0 radical (unpaired) electrons. The number of carbonyl (C=O) groups is 1. The number of carbonyl (C=O) groups excluding carboxylic acids is 1. The van der Waals surface area contributed by atoms with Crippen molar-refractivity contribution in [3.63, 3.8) is 0 Å². The van der Waals surface area contributed by atoms with E-state index in [1.54, 1.807) is 6.08 Å². The van der Waals surface area contributed by atoms with E-state index in [1.807, 2.05) is 12.2 Å². The van der Waals surface area contributed by atoms with Crippen LogP contribution in [0.25, 0.3) is 0 Å². The van der Waals surface area contributed by atoms with Crippen molar-refractivity contribution in [2.45, 2.75) is 6.42 Å². The third-order valence-electron chi connectivity index (χ3n) is 1.94. The van der Waals surface area contributed by atoms with Crippen molar-refractivity contribution in [3.8, 4) is 0 Å². The molecule has 0 bridgehead atoms. The lowest BCUT2D eigenvalue weighted by Gasteiger charge is -1.82. The van der Waals surface area contributed by atoms with Gasteiger partial charge in [0, 0.05) is 5.92 Å². The Morgan fingerprint density at radius 3 is 3.22 bits per heavy atom. The van der Waals surface area contributed by atoms with Crippen molar-refractivity contribution in [2.24, 2.45) is 11.8 Å². The summed E-state index contributed by atoms with van der Waals surface area (Å²) in [6.07, 6.45) is 8.67. The average molecular weight is 120 g/mol. The van der Waals surface area contributed by atoms with Gasteiger partial charge in [-0.05, 0) is 18.4 Å². The normalized spacial score (nSPS) is 38.0. The van der Waals surface area contributed by atoms with Gasteiger partial charge in [-0.3, -0.25) is 4.79 Å². The minimum absolute atomic E-state index is 0.310. The first-order valence-electron chi connectivity index (χ1n) is 3.26. The van der Waals surface area contributed by atoms with Gasteiger partial charge in [-0.15, -0.1) is 0 Å². The molecule has 1 fully saturated rings. The second-order valence-electron chi connectivity index (χ2n) is 2.65. The van der Waals surface area contributed by atoms with E-state index in [9.17, 15) is 4.79 Å². The molecule has 0 aliphatic heterocycles. The van der Waals surface area contributed by atoms with Crippen LogP contribution >= 0.6 is 0 Å². The van der Waals surface area contributed by atoms with E-state index in [4.69, 9.17) is 0 Å². The van der Waals surface area contributed by atoms with Gasteiger partial charge in [0.05, 0.1) is 0 Å². The van der Waals surface area contributed by atoms with Gasteiger partial charge in [-0.1, -0.05) is 18.2 Å². The van der Waals surface area contributed by atoms with E-state index < -0.39 is 0 Å². The number of fused-ring (bicyclic) bond motifs is 1. The van der Waals surface area contributed by atoms with Gasteiger partial charge >= 0.3 is 0 Å². The Labute approximate surface area is 54.1 Å². The van der Waals surface area contributed by atoms with E-state index in [0.717, 1.165) is 6.42 Å². The molecule has 0 aromatic carbocycles. The summed E-state index contributed by atoms with van der Waals surface area (Å²) < 4.78 is 0. The minimum Gasteiger partial charge on any atom is -0.295 e. The predicted molar refractivity (Wildman–Crippen MR) is 34.9 cm³/mol. The minimum atomic E-state index is 0.310. The van der Waals surface area contributed by atoms with E-state index in [0.29, 0.717) is 17.6 Å². The van der Waals surface area contributed by atoms with Crippen LogP contribution in [-0.4, -0.2) is 5.78 Å². The summed E-state index contributed by atoms with van der Waals surface area (Å²) in [4.78, 5) is 10.9. The molecule has 46 valence electrons. The maximum atomic E-state index is 10.9. The Bertz CT molecular complexity index is 201. The third-order valence-corrected chi connectivity index (χ3v) is 1.94. The largest absolute Gasteiger partial charge is 0.295 e. The quantitative estimate of drug-likeness (QED) is 0.471. The van der Waals surface area contributed by atoms with Crippen molar-refractivity contribution in [2.75, 3.05) is 0 Å². The van der Waals surface area contributed by atoms with E-state index in [2.05, 4.69) is 6.08 Å². The summed E-state index contributed by atoms with van der Waals surface area (Å²) in [5.74, 6) is 1.23. The first-order valence-corrected chi connectivity index (χ1v) is 3.26. The second kappa shape index (κ2) is 1.56. The number of hydrogen-bond acceptors (Lipinski definition) is 1. The maximum absolute atomic E-state index is 10.9. The van der Waals surface area contributed by atoms with Crippen LogP contribution in [0.15, 0.2) is 24.3 Å². The fourth-order valence-electron chi connectivity index (χ4n) is 1.24. The van der Waals surface area contributed by atoms with Crippen LogP contribution in [-0.2, 0) is 4.79 Å². The predicted octanol–water partition coefficient (Wildman–Crippen LogP) is 1.32. The van der Waals surface area contributed by atoms with Crippen LogP contribution in [0.2, 0.25) is 0 Å². The molecule has 0 spiro atoms. The molecule has 9 heavy (non-hydrogen) atoms. The van der Waals surface area contributed by atoms with Gasteiger partial charge in [0.1, 0.15) is 0 Å². The number of allylic oxidation sites excluding steroid dienone is 4. The fourth-order valence-corrected chi connectivity index (χ4v) is 1.24. The van der Waals surface area contributed by atoms with E-state index >= 15 is 0 Å². The molecule has 2 unspecified atom stereocenters. The topological polar surface area (TPSA) is 17.1 Å². The molecule has 0 aromatic heterocycles. The zero-order valence-electron chi connectivity index (χ0n) is 5.08. The summed E-state index contributed by atoms with van der Waals surface area (Å²) in [6.45, 7) is 0. The van der Waals surface area contributed by atoms with Crippen molar-refractivity contribution in [3.05, 3.63) is 24.3 Å². The molecule has 2 aliphatic carbocycles. The molecule has 1 heteroatoms. The molecule has 2 atom stereocenters. The van der Waals surface area contributed by atoms with Crippen LogP contribution in [0.4, 0.5) is 0 Å². The molecule has 0 saturated heterocycles. The highest BCUT2D eigenvalue weighted by molar-refractivity contribution is 5.94. The van der Waals surface area contributed by atoms with Crippen LogP contribution in [0.5, 0.6) is 0 Å². The van der Waals surface area contributed by atoms with Gasteiger partial charge in [-0.25, -0.2) is 0 Å². The highest BCUT2D eigenvalue weighted by Crippen LogP contribution is 2.41. The Morgan fingerprint density at radius 2 is 2.33 bits per heavy atom. The second-order valence-corrected chi connectivity index (χ2v) is 2.65. The van der Waals surface area contributed by atoms with Crippen LogP contribution in [0.3, 0.4) is 0 Å². The Morgan fingerprint density at radius 1 is 1.44 bits per heavy atom. The standard InChI is InChI=1S/C8H8O/c9-8-4-2-1-3-6-5-7(6)8/h1-4,6-7H,5H2. The number of hydrogen-bond donors (Lipinski definition) is 0. The summed E-state index contributed by atoms with van der Waals surface area (Å²) in [6, 6.07) is 0. The Balaban J connectivity index is 2.26. The van der Waals surface area contributed by atoms with E-state index in [-0.39, 0.29) is 0 Å². The Hall–Kier alpha value is -0.850. The average Bonchev–Trinajstić information content (AvgIpc) is 2.55. The first kappa shape index (κ1) is 4.98. The summed E-state index contributed by atoms with van der Waals surface area (Å²) >= 11 is 0. The summed E-state index contributed by atoms with van der Waals surface area (Å²) in [5.41, 5.74) is 0. The summed E-state index contributed by atoms with van der Waals surface area (Å²) in [7, 11) is 0.